The van der Waals surface area contributed by atoms with Crippen LogP contribution in [0.15, 0.2) is 42.6 Å². The Kier molecular flexibility index (Phi) is 6.44. The van der Waals surface area contributed by atoms with Crippen molar-refractivity contribution >= 4 is 17.5 Å². The number of methoxy groups -OCH3 is 1. The summed E-state index contributed by atoms with van der Waals surface area (Å²) in [5.41, 5.74) is 1.66. The molecule has 2 heterocycles. The first-order valence-corrected chi connectivity index (χ1v) is 8.88. The minimum atomic E-state index is -0.226. The Balaban J connectivity index is 1.58. The first-order chi connectivity index (χ1) is 12.7. The van der Waals surface area contributed by atoms with Gasteiger partial charge in [0.2, 0.25) is 5.91 Å². The summed E-state index contributed by atoms with van der Waals surface area (Å²) >= 11 is 6.35. The summed E-state index contributed by atoms with van der Waals surface area (Å²) in [4.78, 5) is 18.5. The number of morpholine rings is 1. The SMILES string of the molecule is COc1cccc(Cl)c1C1CN(CC(=O)NCc2ccccn2)CCO1. The number of hydrogen-bond donors (Lipinski definition) is 1. The van der Waals surface area contributed by atoms with Crippen molar-refractivity contribution in [3.63, 3.8) is 0 Å². The summed E-state index contributed by atoms with van der Waals surface area (Å²) in [5, 5.41) is 3.51. The molecule has 7 heteroatoms. The average molecular weight is 376 g/mol. The summed E-state index contributed by atoms with van der Waals surface area (Å²) in [5.74, 6) is 0.659. The van der Waals surface area contributed by atoms with Crippen LogP contribution in [0.4, 0.5) is 0 Å². The number of pyridine rings is 1. The number of ether oxygens (including phenoxy) is 2. The fraction of sp³-hybridized carbons (Fsp3) is 0.368. The molecule has 1 saturated heterocycles. The molecule has 0 bridgehead atoms. The molecule has 0 saturated carbocycles. The van der Waals surface area contributed by atoms with E-state index in [0.717, 1.165) is 11.3 Å². The number of nitrogens with zero attached hydrogens (tertiary/aromatic N) is 2. The van der Waals surface area contributed by atoms with Crippen LogP contribution in [0.5, 0.6) is 5.75 Å². The maximum absolute atomic E-state index is 12.2. The van der Waals surface area contributed by atoms with Crippen molar-refractivity contribution in [1.82, 2.24) is 15.2 Å². The van der Waals surface area contributed by atoms with Crippen LogP contribution in [-0.4, -0.2) is 49.1 Å². The minimum absolute atomic E-state index is 0.0394. The van der Waals surface area contributed by atoms with E-state index in [1.807, 2.05) is 36.4 Å². The van der Waals surface area contributed by atoms with Crippen LogP contribution >= 0.6 is 11.6 Å². The lowest BCUT2D eigenvalue weighted by Crippen LogP contribution is -2.44. The Labute approximate surface area is 158 Å². The van der Waals surface area contributed by atoms with Crippen molar-refractivity contribution in [3.05, 3.63) is 58.9 Å². The highest BCUT2D eigenvalue weighted by atomic mass is 35.5. The molecule has 1 amide bonds. The molecule has 6 nitrogen and oxygen atoms in total. The number of hydrogen-bond acceptors (Lipinski definition) is 5. The number of benzene rings is 1. The zero-order chi connectivity index (χ0) is 18.4. The molecule has 1 aliphatic heterocycles. The maximum atomic E-state index is 12.2. The van der Waals surface area contributed by atoms with Gasteiger partial charge < -0.3 is 14.8 Å². The number of carbonyl (C=O) groups excluding carboxylic acids is 1. The summed E-state index contributed by atoms with van der Waals surface area (Å²) in [6.07, 6.45) is 1.49. The monoisotopic (exact) mass is 375 g/mol. The second kappa shape index (κ2) is 8.98. The van der Waals surface area contributed by atoms with Gasteiger partial charge in [0.05, 0.1) is 37.5 Å². The Morgan fingerprint density at radius 1 is 1.38 bits per heavy atom. The quantitative estimate of drug-likeness (QED) is 0.840. The zero-order valence-electron chi connectivity index (χ0n) is 14.7. The third-order valence-electron chi connectivity index (χ3n) is 4.27. The van der Waals surface area contributed by atoms with Gasteiger partial charge in [-0.1, -0.05) is 23.7 Å². The topological polar surface area (TPSA) is 63.7 Å². The molecule has 1 unspecified atom stereocenters. The van der Waals surface area contributed by atoms with E-state index in [-0.39, 0.29) is 12.0 Å². The Morgan fingerprint density at radius 3 is 3.04 bits per heavy atom. The summed E-state index contributed by atoms with van der Waals surface area (Å²) < 4.78 is 11.3. The Morgan fingerprint density at radius 2 is 2.27 bits per heavy atom. The number of rotatable bonds is 6. The molecule has 1 fully saturated rings. The van der Waals surface area contributed by atoms with E-state index in [0.29, 0.717) is 43.6 Å². The molecule has 1 aliphatic rings. The van der Waals surface area contributed by atoms with Crippen LogP contribution in [0.25, 0.3) is 0 Å². The first-order valence-electron chi connectivity index (χ1n) is 8.50. The number of nitrogens with one attached hydrogen (secondary N) is 1. The van der Waals surface area contributed by atoms with E-state index >= 15 is 0 Å². The highest BCUT2D eigenvalue weighted by Gasteiger charge is 2.27. The van der Waals surface area contributed by atoms with E-state index in [9.17, 15) is 4.79 Å². The van der Waals surface area contributed by atoms with Gasteiger partial charge >= 0.3 is 0 Å². The van der Waals surface area contributed by atoms with Crippen molar-refractivity contribution in [3.8, 4) is 5.75 Å². The average Bonchev–Trinajstić information content (AvgIpc) is 2.67. The second-order valence-electron chi connectivity index (χ2n) is 6.05. The minimum Gasteiger partial charge on any atom is -0.496 e. The molecule has 26 heavy (non-hydrogen) atoms. The van der Waals surface area contributed by atoms with E-state index in [1.54, 1.807) is 13.3 Å². The number of amides is 1. The fourth-order valence-electron chi connectivity index (χ4n) is 2.98. The molecule has 1 aromatic heterocycles. The van der Waals surface area contributed by atoms with Gasteiger partial charge in [-0.3, -0.25) is 14.7 Å². The fourth-order valence-corrected chi connectivity index (χ4v) is 3.27. The maximum Gasteiger partial charge on any atom is 0.234 e. The smallest absolute Gasteiger partial charge is 0.234 e. The van der Waals surface area contributed by atoms with E-state index in [2.05, 4.69) is 15.2 Å². The second-order valence-corrected chi connectivity index (χ2v) is 6.46. The van der Waals surface area contributed by atoms with Crippen LogP contribution in [0.3, 0.4) is 0 Å². The van der Waals surface area contributed by atoms with Gasteiger partial charge in [0.15, 0.2) is 0 Å². The van der Waals surface area contributed by atoms with Crippen LogP contribution in [0.2, 0.25) is 5.02 Å². The molecule has 1 N–H and O–H groups in total. The summed E-state index contributed by atoms with van der Waals surface area (Å²) in [6.45, 7) is 2.54. The Hall–Kier alpha value is -2.15. The van der Waals surface area contributed by atoms with Gasteiger partial charge in [-0.25, -0.2) is 0 Å². The lowest BCUT2D eigenvalue weighted by atomic mass is 10.1. The number of carbonyl (C=O) groups is 1. The number of aromatic nitrogens is 1. The molecule has 1 aromatic carbocycles. The Bertz CT molecular complexity index is 742. The predicted molar refractivity (Wildman–Crippen MR) is 99.2 cm³/mol. The van der Waals surface area contributed by atoms with Gasteiger partial charge in [0.1, 0.15) is 11.9 Å². The van der Waals surface area contributed by atoms with Crippen molar-refractivity contribution in [1.29, 1.82) is 0 Å². The third kappa shape index (κ3) is 4.72. The molecule has 138 valence electrons. The number of halogens is 1. The van der Waals surface area contributed by atoms with Crippen molar-refractivity contribution in [2.24, 2.45) is 0 Å². The summed E-state index contributed by atoms with van der Waals surface area (Å²) in [7, 11) is 1.61. The van der Waals surface area contributed by atoms with Crippen molar-refractivity contribution < 1.29 is 14.3 Å². The highest BCUT2D eigenvalue weighted by molar-refractivity contribution is 6.31. The third-order valence-corrected chi connectivity index (χ3v) is 4.59. The van der Waals surface area contributed by atoms with E-state index in [1.165, 1.54) is 0 Å². The van der Waals surface area contributed by atoms with Crippen molar-refractivity contribution in [2.45, 2.75) is 12.6 Å². The molecule has 0 aliphatic carbocycles. The molecule has 0 radical (unpaired) electrons. The molecular formula is C19H22ClN3O3. The van der Waals surface area contributed by atoms with Gasteiger partial charge in [-0.15, -0.1) is 0 Å². The van der Waals surface area contributed by atoms with E-state index < -0.39 is 0 Å². The highest BCUT2D eigenvalue weighted by Crippen LogP contribution is 2.35. The van der Waals surface area contributed by atoms with Crippen LogP contribution < -0.4 is 10.1 Å². The lowest BCUT2D eigenvalue weighted by molar-refractivity contribution is -0.124. The van der Waals surface area contributed by atoms with Crippen LogP contribution in [-0.2, 0) is 16.1 Å². The van der Waals surface area contributed by atoms with Crippen LogP contribution in [0, 0.1) is 0 Å². The van der Waals surface area contributed by atoms with Gasteiger partial charge in [0.25, 0.3) is 0 Å². The molecule has 0 spiro atoms. The van der Waals surface area contributed by atoms with E-state index in [4.69, 9.17) is 21.1 Å². The zero-order valence-corrected chi connectivity index (χ0v) is 15.4. The molecular weight excluding hydrogens is 354 g/mol. The van der Waals surface area contributed by atoms with Gasteiger partial charge in [-0.2, -0.15) is 0 Å². The standard InChI is InChI=1S/C19H22ClN3O3/c1-25-16-7-4-6-15(20)19(16)17-12-23(9-10-26-17)13-18(24)22-11-14-5-2-3-8-21-14/h2-8,17H,9-13H2,1H3,(H,22,24). The molecule has 3 rings (SSSR count). The largest absolute Gasteiger partial charge is 0.496 e. The normalized spacial score (nSPS) is 17.7. The van der Waals surface area contributed by atoms with Gasteiger partial charge in [-0.05, 0) is 24.3 Å². The summed E-state index contributed by atoms with van der Waals surface area (Å²) in [6, 6.07) is 11.2. The molecule has 2 aromatic rings. The first kappa shape index (κ1) is 18.6. The van der Waals surface area contributed by atoms with Gasteiger partial charge in [0, 0.05) is 24.8 Å². The molecule has 1 atom stereocenters. The predicted octanol–water partition coefficient (Wildman–Crippen LogP) is 2.43. The lowest BCUT2D eigenvalue weighted by Gasteiger charge is -2.33. The van der Waals surface area contributed by atoms with Crippen LogP contribution in [0.1, 0.15) is 17.4 Å². The van der Waals surface area contributed by atoms with Crippen molar-refractivity contribution in [2.75, 3.05) is 33.4 Å².